The summed E-state index contributed by atoms with van der Waals surface area (Å²) >= 11 is 4.19. The first kappa shape index (κ1) is 12.6. The van der Waals surface area contributed by atoms with Crippen LogP contribution >= 0.6 is 12.6 Å². The zero-order chi connectivity index (χ0) is 13.0. The van der Waals surface area contributed by atoms with Crippen molar-refractivity contribution in [2.24, 2.45) is 7.05 Å². The van der Waals surface area contributed by atoms with E-state index in [2.05, 4.69) is 28.0 Å². The highest BCUT2D eigenvalue weighted by Gasteiger charge is 2.05. The number of aromatic nitrogens is 3. The van der Waals surface area contributed by atoms with E-state index in [1.165, 1.54) is 0 Å². The summed E-state index contributed by atoms with van der Waals surface area (Å²) in [6.07, 6.45) is 1.95. The van der Waals surface area contributed by atoms with Crippen LogP contribution in [0.2, 0.25) is 0 Å². The molecule has 0 fully saturated rings. The second-order valence-electron chi connectivity index (χ2n) is 3.95. The molecule has 0 radical (unpaired) electrons. The number of hydrogen-bond acceptors (Lipinski definition) is 4. The molecule has 2 rings (SSSR count). The molecule has 2 aromatic rings. The number of carbonyl (C=O) groups excluding carboxylic acids is 1. The molecule has 1 amide bonds. The maximum absolute atomic E-state index is 11.7. The third kappa shape index (κ3) is 3.59. The average molecular weight is 262 g/mol. The number of benzene rings is 1. The van der Waals surface area contributed by atoms with Gasteiger partial charge in [-0.15, -0.1) is 12.6 Å². The van der Waals surface area contributed by atoms with Gasteiger partial charge in [0.1, 0.15) is 6.33 Å². The van der Waals surface area contributed by atoms with Crippen LogP contribution in [0.3, 0.4) is 0 Å². The van der Waals surface area contributed by atoms with Gasteiger partial charge < -0.3 is 5.32 Å². The van der Waals surface area contributed by atoms with Gasteiger partial charge in [0.25, 0.3) is 0 Å². The standard InChI is InChI=1S/C12H14N4OS/c1-16-8-14-11(15-16)7-13-12(17)6-9-2-4-10(18)5-3-9/h2-5,8,18H,6-7H2,1H3,(H,13,17). The SMILES string of the molecule is Cn1cnc(CNC(=O)Cc2ccc(S)cc2)n1. The van der Waals surface area contributed by atoms with E-state index in [0.29, 0.717) is 18.8 Å². The summed E-state index contributed by atoms with van der Waals surface area (Å²) < 4.78 is 1.60. The lowest BCUT2D eigenvalue weighted by Crippen LogP contribution is -2.25. The number of nitrogens with one attached hydrogen (secondary N) is 1. The Labute approximate surface area is 111 Å². The average Bonchev–Trinajstić information content (AvgIpc) is 2.76. The highest BCUT2D eigenvalue weighted by atomic mass is 32.1. The summed E-state index contributed by atoms with van der Waals surface area (Å²) in [5.74, 6) is 0.561. The van der Waals surface area contributed by atoms with E-state index in [4.69, 9.17) is 0 Å². The highest BCUT2D eigenvalue weighted by Crippen LogP contribution is 2.08. The number of thiol groups is 1. The normalized spacial score (nSPS) is 10.3. The minimum atomic E-state index is -0.0469. The Balaban J connectivity index is 1.83. The van der Waals surface area contributed by atoms with Crippen molar-refractivity contribution >= 4 is 18.5 Å². The van der Waals surface area contributed by atoms with E-state index in [-0.39, 0.29) is 5.91 Å². The molecular weight excluding hydrogens is 248 g/mol. The zero-order valence-corrected chi connectivity index (χ0v) is 10.9. The van der Waals surface area contributed by atoms with E-state index < -0.39 is 0 Å². The number of hydrogen-bond donors (Lipinski definition) is 2. The minimum absolute atomic E-state index is 0.0469. The third-order valence-electron chi connectivity index (χ3n) is 2.39. The Morgan fingerprint density at radius 1 is 1.39 bits per heavy atom. The van der Waals surface area contributed by atoms with Gasteiger partial charge >= 0.3 is 0 Å². The van der Waals surface area contributed by atoms with Crippen LogP contribution in [0.1, 0.15) is 11.4 Å². The van der Waals surface area contributed by atoms with Gasteiger partial charge in [-0.05, 0) is 17.7 Å². The van der Waals surface area contributed by atoms with Crippen molar-refractivity contribution in [1.82, 2.24) is 20.1 Å². The van der Waals surface area contributed by atoms with E-state index >= 15 is 0 Å². The molecule has 0 aliphatic rings. The molecule has 6 heteroatoms. The van der Waals surface area contributed by atoms with Crippen molar-refractivity contribution < 1.29 is 4.79 Å². The maximum atomic E-state index is 11.7. The van der Waals surface area contributed by atoms with E-state index in [9.17, 15) is 4.79 Å². The van der Waals surface area contributed by atoms with Crippen molar-refractivity contribution in [3.63, 3.8) is 0 Å². The first-order valence-corrected chi connectivity index (χ1v) is 5.97. The summed E-state index contributed by atoms with van der Waals surface area (Å²) in [7, 11) is 1.79. The van der Waals surface area contributed by atoms with Gasteiger partial charge in [-0.3, -0.25) is 9.48 Å². The van der Waals surface area contributed by atoms with Crippen molar-refractivity contribution in [3.8, 4) is 0 Å². The number of nitrogens with zero attached hydrogens (tertiary/aromatic N) is 3. The molecule has 94 valence electrons. The van der Waals surface area contributed by atoms with Crippen molar-refractivity contribution in [2.45, 2.75) is 17.9 Å². The Hall–Kier alpha value is -1.82. The van der Waals surface area contributed by atoms with Gasteiger partial charge in [-0.2, -0.15) is 5.10 Å². The van der Waals surface area contributed by atoms with Crippen LogP contribution in [-0.4, -0.2) is 20.7 Å². The summed E-state index contributed by atoms with van der Waals surface area (Å²) in [4.78, 5) is 16.6. The fourth-order valence-corrected chi connectivity index (χ4v) is 1.65. The van der Waals surface area contributed by atoms with E-state index in [1.807, 2.05) is 24.3 Å². The lowest BCUT2D eigenvalue weighted by molar-refractivity contribution is -0.120. The molecule has 1 aromatic carbocycles. The van der Waals surface area contributed by atoms with Crippen molar-refractivity contribution in [1.29, 1.82) is 0 Å². The predicted molar refractivity (Wildman–Crippen MR) is 70.2 cm³/mol. The molecule has 0 unspecified atom stereocenters. The van der Waals surface area contributed by atoms with Crippen LogP contribution in [0.15, 0.2) is 35.5 Å². The Kier molecular flexibility index (Phi) is 3.99. The van der Waals surface area contributed by atoms with Crippen LogP contribution in [-0.2, 0) is 24.8 Å². The molecular formula is C12H14N4OS. The van der Waals surface area contributed by atoms with Gasteiger partial charge in [0.05, 0.1) is 13.0 Å². The van der Waals surface area contributed by atoms with E-state index in [0.717, 1.165) is 10.5 Å². The molecule has 1 aromatic heterocycles. The molecule has 1 heterocycles. The topological polar surface area (TPSA) is 59.8 Å². The Bertz CT molecular complexity index is 535. The number of carbonyl (C=O) groups is 1. The van der Waals surface area contributed by atoms with Crippen molar-refractivity contribution in [3.05, 3.63) is 42.0 Å². The smallest absolute Gasteiger partial charge is 0.224 e. The van der Waals surface area contributed by atoms with Crippen LogP contribution in [0.4, 0.5) is 0 Å². The molecule has 0 saturated heterocycles. The third-order valence-corrected chi connectivity index (χ3v) is 2.69. The van der Waals surface area contributed by atoms with Crippen LogP contribution in [0, 0.1) is 0 Å². The van der Waals surface area contributed by atoms with E-state index in [1.54, 1.807) is 18.1 Å². The van der Waals surface area contributed by atoms with Gasteiger partial charge in [0, 0.05) is 11.9 Å². The number of amides is 1. The van der Waals surface area contributed by atoms with Crippen LogP contribution < -0.4 is 5.32 Å². The van der Waals surface area contributed by atoms with Gasteiger partial charge in [-0.1, -0.05) is 12.1 Å². The second-order valence-corrected chi connectivity index (χ2v) is 4.47. The number of rotatable bonds is 4. The zero-order valence-electron chi connectivity index (χ0n) is 10.00. The molecule has 0 atom stereocenters. The maximum Gasteiger partial charge on any atom is 0.224 e. The summed E-state index contributed by atoms with van der Waals surface area (Å²) in [5, 5.41) is 6.86. The Morgan fingerprint density at radius 2 is 2.11 bits per heavy atom. The summed E-state index contributed by atoms with van der Waals surface area (Å²) in [6.45, 7) is 0.352. The molecule has 0 saturated carbocycles. The molecule has 0 spiro atoms. The molecule has 18 heavy (non-hydrogen) atoms. The van der Waals surface area contributed by atoms with Crippen LogP contribution in [0.25, 0.3) is 0 Å². The lowest BCUT2D eigenvalue weighted by atomic mass is 10.1. The molecule has 0 bridgehead atoms. The Morgan fingerprint density at radius 3 is 2.72 bits per heavy atom. The van der Waals surface area contributed by atoms with Gasteiger partial charge in [0.2, 0.25) is 5.91 Å². The first-order chi connectivity index (χ1) is 8.63. The fourth-order valence-electron chi connectivity index (χ4n) is 1.50. The highest BCUT2D eigenvalue weighted by molar-refractivity contribution is 7.80. The van der Waals surface area contributed by atoms with Crippen LogP contribution in [0.5, 0.6) is 0 Å². The predicted octanol–water partition coefficient (Wildman–Crippen LogP) is 0.963. The van der Waals surface area contributed by atoms with Crippen molar-refractivity contribution in [2.75, 3.05) is 0 Å². The molecule has 0 aliphatic carbocycles. The quantitative estimate of drug-likeness (QED) is 0.807. The number of aryl methyl sites for hydroxylation is 1. The first-order valence-electron chi connectivity index (χ1n) is 5.52. The molecule has 0 aliphatic heterocycles. The molecule has 1 N–H and O–H groups in total. The molecule has 5 nitrogen and oxygen atoms in total. The lowest BCUT2D eigenvalue weighted by Gasteiger charge is -2.03. The second kappa shape index (κ2) is 5.68. The van der Waals surface area contributed by atoms with Gasteiger partial charge in [-0.25, -0.2) is 4.98 Å². The summed E-state index contributed by atoms with van der Waals surface area (Å²) in [6, 6.07) is 7.51. The fraction of sp³-hybridized carbons (Fsp3) is 0.250. The van der Waals surface area contributed by atoms with Gasteiger partial charge in [0.15, 0.2) is 5.82 Å². The largest absolute Gasteiger partial charge is 0.348 e. The minimum Gasteiger partial charge on any atom is -0.348 e. The monoisotopic (exact) mass is 262 g/mol. The summed E-state index contributed by atoms with van der Waals surface area (Å²) in [5.41, 5.74) is 0.958.